The second-order valence-corrected chi connectivity index (χ2v) is 5.07. The maximum atomic E-state index is 13.3. The number of benzene rings is 1. The van der Waals surface area contributed by atoms with Crippen molar-refractivity contribution in [3.63, 3.8) is 0 Å². The van der Waals surface area contributed by atoms with Gasteiger partial charge in [-0.25, -0.2) is 13.6 Å². The highest BCUT2D eigenvalue weighted by molar-refractivity contribution is 5.89. The van der Waals surface area contributed by atoms with Crippen LogP contribution >= 0.6 is 0 Å². The minimum atomic E-state index is -0.837. The van der Waals surface area contributed by atoms with Crippen LogP contribution < -0.4 is 10.6 Å². The van der Waals surface area contributed by atoms with Crippen LogP contribution in [0, 0.1) is 17.6 Å². The lowest BCUT2D eigenvalue weighted by Crippen LogP contribution is -2.38. The van der Waals surface area contributed by atoms with Crippen molar-refractivity contribution in [3.05, 3.63) is 29.8 Å². The maximum Gasteiger partial charge on any atom is 0.319 e. The van der Waals surface area contributed by atoms with Crippen LogP contribution in [0.25, 0.3) is 0 Å². The lowest BCUT2D eigenvalue weighted by molar-refractivity contribution is 0.111. The van der Waals surface area contributed by atoms with Crippen molar-refractivity contribution >= 4 is 11.7 Å². The fraction of sp³-hybridized carbons (Fsp3) is 0.500. The van der Waals surface area contributed by atoms with Crippen molar-refractivity contribution in [2.24, 2.45) is 5.92 Å². The van der Waals surface area contributed by atoms with E-state index in [4.69, 9.17) is 0 Å². The Morgan fingerprint density at radius 2 is 2.05 bits per heavy atom. The van der Waals surface area contributed by atoms with Gasteiger partial charge in [-0.05, 0) is 30.9 Å². The first kappa shape index (κ1) is 14.7. The number of amides is 2. The summed E-state index contributed by atoms with van der Waals surface area (Å²) in [5, 5.41) is 14.7. The van der Waals surface area contributed by atoms with Crippen molar-refractivity contribution < 1.29 is 18.7 Å². The van der Waals surface area contributed by atoms with E-state index in [9.17, 15) is 18.7 Å². The van der Waals surface area contributed by atoms with Gasteiger partial charge in [0, 0.05) is 12.6 Å². The Bertz CT molecular complexity index is 476. The fourth-order valence-electron chi connectivity index (χ4n) is 2.46. The van der Waals surface area contributed by atoms with Gasteiger partial charge in [-0.3, -0.25) is 0 Å². The first-order valence-electron chi connectivity index (χ1n) is 6.74. The molecular formula is C14H18F2N2O2. The second kappa shape index (κ2) is 6.65. The van der Waals surface area contributed by atoms with E-state index in [1.807, 2.05) is 0 Å². The number of nitrogens with one attached hydrogen (secondary N) is 2. The van der Waals surface area contributed by atoms with Crippen LogP contribution in [0.3, 0.4) is 0 Å². The van der Waals surface area contributed by atoms with Gasteiger partial charge < -0.3 is 15.7 Å². The van der Waals surface area contributed by atoms with Crippen molar-refractivity contribution in [1.29, 1.82) is 0 Å². The molecule has 1 aliphatic carbocycles. The van der Waals surface area contributed by atoms with Gasteiger partial charge >= 0.3 is 6.03 Å². The van der Waals surface area contributed by atoms with Gasteiger partial charge in [-0.15, -0.1) is 0 Å². The molecule has 3 N–H and O–H groups in total. The third-order valence-electron chi connectivity index (χ3n) is 3.60. The maximum absolute atomic E-state index is 13.3. The highest BCUT2D eigenvalue weighted by Crippen LogP contribution is 2.27. The zero-order chi connectivity index (χ0) is 14.5. The number of aliphatic hydroxyl groups is 1. The lowest BCUT2D eigenvalue weighted by atomic mass is 10.0. The number of carbonyl (C=O) groups is 1. The number of hydrogen-bond acceptors (Lipinski definition) is 2. The van der Waals surface area contributed by atoms with E-state index in [0.29, 0.717) is 6.07 Å². The van der Waals surface area contributed by atoms with Crippen LogP contribution in [-0.4, -0.2) is 23.8 Å². The Morgan fingerprint density at radius 3 is 2.70 bits per heavy atom. The fourth-order valence-corrected chi connectivity index (χ4v) is 2.46. The molecule has 1 aromatic carbocycles. The molecule has 2 rings (SSSR count). The van der Waals surface area contributed by atoms with Gasteiger partial charge in [0.25, 0.3) is 0 Å². The standard InChI is InChI=1S/C14H18F2N2O2/c15-10-5-6-12(11(16)7-10)18-14(20)17-8-13(19)9-3-1-2-4-9/h5-7,9,13,19H,1-4,8H2,(H2,17,18,20). The minimum Gasteiger partial charge on any atom is -0.391 e. The molecule has 6 heteroatoms. The highest BCUT2D eigenvalue weighted by Gasteiger charge is 2.23. The zero-order valence-electron chi connectivity index (χ0n) is 11.0. The molecule has 0 spiro atoms. The van der Waals surface area contributed by atoms with Gasteiger partial charge in [-0.1, -0.05) is 12.8 Å². The second-order valence-electron chi connectivity index (χ2n) is 5.07. The van der Waals surface area contributed by atoms with E-state index >= 15 is 0 Å². The first-order valence-corrected chi connectivity index (χ1v) is 6.74. The molecule has 1 unspecified atom stereocenters. The molecule has 0 heterocycles. The molecule has 20 heavy (non-hydrogen) atoms. The summed E-state index contributed by atoms with van der Waals surface area (Å²) in [6, 6.07) is 2.29. The Hall–Kier alpha value is -1.69. The van der Waals surface area contributed by atoms with E-state index in [2.05, 4.69) is 10.6 Å². The number of aliphatic hydroxyl groups excluding tert-OH is 1. The number of carbonyl (C=O) groups excluding carboxylic acids is 1. The molecule has 1 atom stereocenters. The summed E-state index contributed by atoms with van der Waals surface area (Å²) >= 11 is 0. The lowest BCUT2D eigenvalue weighted by Gasteiger charge is -2.18. The van der Waals surface area contributed by atoms with E-state index in [1.54, 1.807) is 0 Å². The quantitative estimate of drug-likeness (QED) is 0.796. The molecule has 4 nitrogen and oxygen atoms in total. The predicted molar refractivity (Wildman–Crippen MR) is 71.3 cm³/mol. The SMILES string of the molecule is O=C(NCC(O)C1CCCC1)Nc1ccc(F)cc1F. The summed E-state index contributed by atoms with van der Waals surface area (Å²) in [7, 11) is 0. The summed E-state index contributed by atoms with van der Waals surface area (Å²) < 4.78 is 26.0. The summed E-state index contributed by atoms with van der Waals surface area (Å²) in [6.45, 7) is 0.124. The number of urea groups is 1. The molecule has 110 valence electrons. The van der Waals surface area contributed by atoms with Crippen molar-refractivity contribution in [2.45, 2.75) is 31.8 Å². The van der Waals surface area contributed by atoms with Crippen LogP contribution in [0.15, 0.2) is 18.2 Å². The predicted octanol–water partition coefficient (Wildman–Crippen LogP) is 2.64. The van der Waals surface area contributed by atoms with Crippen LogP contribution in [0.1, 0.15) is 25.7 Å². The summed E-state index contributed by atoms with van der Waals surface area (Å²) in [5.74, 6) is -1.32. The van der Waals surface area contributed by atoms with E-state index in [-0.39, 0.29) is 18.2 Å². The molecule has 2 amide bonds. The van der Waals surface area contributed by atoms with Crippen LogP contribution in [0.5, 0.6) is 0 Å². The van der Waals surface area contributed by atoms with Crippen molar-refractivity contribution in [2.75, 3.05) is 11.9 Å². The smallest absolute Gasteiger partial charge is 0.319 e. The molecular weight excluding hydrogens is 266 g/mol. The third-order valence-corrected chi connectivity index (χ3v) is 3.60. The molecule has 1 fully saturated rings. The molecule has 0 saturated heterocycles. The molecule has 0 aromatic heterocycles. The number of hydrogen-bond donors (Lipinski definition) is 3. The Morgan fingerprint density at radius 1 is 1.35 bits per heavy atom. The van der Waals surface area contributed by atoms with Crippen LogP contribution in [0.2, 0.25) is 0 Å². The summed E-state index contributed by atoms with van der Waals surface area (Å²) in [5.41, 5.74) is -0.0979. The van der Waals surface area contributed by atoms with Gasteiger partial charge in [0.2, 0.25) is 0 Å². The zero-order valence-corrected chi connectivity index (χ0v) is 11.0. The monoisotopic (exact) mass is 284 g/mol. The van der Waals surface area contributed by atoms with Crippen molar-refractivity contribution in [3.8, 4) is 0 Å². The summed E-state index contributed by atoms with van der Waals surface area (Å²) in [4.78, 5) is 11.6. The number of anilines is 1. The normalized spacial score (nSPS) is 16.9. The molecule has 0 radical (unpaired) electrons. The summed E-state index contributed by atoms with van der Waals surface area (Å²) in [6.07, 6.45) is 3.57. The number of halogens is 2. The van der Waals surface area contributed by atoms with Gasteiger partial charge in [0.15, 0.2) is 0 Å². The molecule has 0 aliphatic heterocycles. The largest absolute Gasteiger partial charge is 0.391 e. The Labute approximate surface area is 116 Å². The van der Waals surface area contributed by atoms with Crippen molar-refractivity contribution in [1.82, 2.24) is 5.32 Å². The Kier molecular flexibility index (Phi) is 4.89. The number of rotatable bonds is 4. The van der Waals surface area contributed by atoms with Gasteiger partial charge in [-0.2, -0.15) is 0 Å². The average Bonchev–Trinajstić information content (AvgIpc) is 2.93. The van der Waals surface area contributed by atoms with Crippen LogP contribution in [-0.2, 0) is 0 Å². The van der Waals surface area contributed by atoms with E-state index < -0.39 is 23.8 Å². The van der Waals surface area contributed by atoms with Crippen LogP contribution in [0.4, 0.5) is 19.3 Å². The highest BCUT2D eigenvalue weighted by atomic mass is 19.1. The van der Waals surface area contributed by atoms with Gasteiger partial charge in [0.1, 0.15) is 11.6 Å². The molecule has 1 aliphatic rings. The Balaban J connectivity index is 1.80. The van der Waals surface area contributed by atoms with E-state index in [1.165, 1.54) is 0 Å². The first-order chi connectivity index (χ1) is 9.56. The molecule has 0 bridgehead atoms. The minimum absolute atomic E-state index is 0.0979. The topological polar surface area (TPSA) is 61.4 Å². The third kappa shape index (κ3) is 3.90. The molecule has 1 aromatic rings. The van der Waals surface area contributed by atoms with E-state index in [0.717, 1.165) is 37.8 Å². The molecule has 1 saturated carbocycles. The average molecular weight is 284 g/mol. The van der Waals surface area contributed by atoms with Gasteiger partial charge in [0.05, 0.1) is 11.8 Å².